The predicted octanol–water partition coefficient (Wildman–Crippen LogP) is 2.33. The highest BCUT2D eigenvalue weighted by Crippen LogP contribution is 2.37. The minimum Gasteiger partial charge on any atom is -0.505 e. The van der Waals surface area contributed by atoms with Crippen LogP contribution in [0.1, 0.15) is 31.7 Å². The second kappa shape index (κ2) is 5.16. The molecular weight excluding hydrogens is 209 g/mol. The van der Waals surface area contributed by atoms with E-state index in [-0.39, 0.29) is 11.8 Å². The molecule has 0 heterocycles. The van der Waals surface area contributed by atoms with Gasteiger partial charge < -0.3 is 15.9 Å². The summed E-state index contributed by atoms with van der Waals surface area (Å²) in [5.41, 5.74) is 6.01. The summed E-state index contributed by atoms with van der Waals surface area (Å²) in [6.45, 7) is 4.46. The van der Waals surface area contributed by atoms with Crippen molar-refractivity contribution in [3.8, 4) is 11.5 Å². The molecule has 0 aliphatic carbocycles. The first-order chi connectivity index (χ1) is 7.49. The summed E-state index contributed by atoms with van der Waals surface area (Å²) in [6.07, 6.45) is 0.676. The fraction of sp³-hybridized carbons (Fsp3) is 0.500. The van der Waals surface area contributed by atoms with Crippen LogP contribution >= 0.6 is 0 Å². The number of nitrogens with two attached hydrogens (primary N) is 1. The molecule has 0 aliphatic rings. The van der Waals surface area contributed by atoms with E-state index in [9.17, 15) is 9.50 Å². The van der Waals surface area contributed by atoms with Crippen molar-refractivity contribution >= 4 is 0 Å². The van der Waals surface area contributed by atoms with Crippen molar-refractivity contribution in [1.82, 2.24) is 0 Å². The molecule has 4 heteroatoms. The molecule has 0 bridgehead atoms. The van der Waals surface area contributed by atoms with Crippen LogP contribution in [0.25, 0.3) is 0 Å². The van der Waals surface area contributed by atoms with Gasteiger partial charge in [-0.15, -0.1) is 0 Å². The first-order valence-electron chi connectivity index (χ1n) is 5.39. The molecule has 0 aromatic heterocycles. The SMILES string of the molecule is CC(C)C(CCN)c1ccc(O)c(F)c1O. The highest BCUT2D eigenvalue weighted by molar-refractivity contribution is 5.43. The molecule has 0 fully saturated rings. The summed E-state index contributed by atoms with van der Waals surface area (Å²) in [5, 5.41) is 18.8. The van der Waals surface area contributed by atoms with Crippen LogP contribution in [0.4, 0.5) is 4.39 Å². The molecule has 0 amide bonds. The van der Waals surface area contributed by atoms with Crippen LogP contribution in [0.15, 0.2) is 12.1 Å². The number of hydrogen-bond acceptors (Lipinski definition) is 3. The number of phenolic OH excluding ortho intramolecular Hbond substituents is 2. The van der Waals surface area contributed by atoms with Crippen molar-refractivity contribution in [1.29, 1.82) is 0 Å². The molecule has 3 nitrogen and oxygen atoms in total. The molecule has 1 atom stereocenters. The molecule has 1 aromatic rings. The number of hydrogen-bond donors (Lipinski definition) is 3. The quantitative estimate of drug-likeness (QED) is 0.739. The number of benzene rings is 1. The summed E-state index contributed by atoms with van der Waals surface area (Å²) in [6, 6.07) is 2.81. The number of aromatic hydroxyl groups is 2. The monoisotopic (exact) mass is 227 g/mol. The molecule has 0 saturated heterocycles. The second-order valence-electron chi connectivity index (χ2n) is 4.26. The van der Waals surface area contributed by atoms with Crippen LogP contribution in [0.3, 0.4) is 0 Å². The zero-order chi connectivity index (χ0) is 12.3. The highest BCUT2D eigenvalue weighted by atomic mass is 19.1. The average Bonchev–Trinajstić information content (AvgIpc) is 2.24. The lowest BCUT2D eigenvalue weighted by atomic mass is 9.85. The van der Waals surface area contributed by atoms with Crippen molar-refractivity contribution in [3.05, 3.63) is 23.5 Å². The van der Waals surface area contributed by atoms with Gasteiger partial charge in [0.2, 0.25) is 5.82 Å². The van der Waals surface area contributed by atoms with E-state index in [1.165, 1.54) is 6.07 Å². The van der Waals surface area contributed by atoms with E-state index in [4.69, 9.17) is 10.8 Å². The third kappa shape index (κ3) is 2.44. The largest absolute Gasteiger partial charge is 0.505 e. The maximum atomic E-state index is 13.3. The van der Waals surface area contributed by atoms with Gasteiger partial charge in [0.1, 0.15) is 0 Å². The zero-order valence-electron chi connectivity index (χ0n) is 9.57. The molecule has 0 saturated carbocycles. The van der Waals surface area contributed by atoms with E-state index in [1.807, 2.05) is 13.8 Å². The van der Waals surface area contributed by atoms with Crippen molar-refractivity contribution < 1.29 is 14.6 Å². The van der Waals surface area contributed by atoms with Gasteiger partial charge in [-0.2, -0.15) is 4.39 Å². The Kier molecular flexibility index (Phi) is 4.12. The molecule has 1 rings (SSSR count). The Morgan fingerprint density at radius 1 is 1.31 bits per heavy atom. The smallest absolute Gasteiger partial charge is 0.206 e. The molecular formula is C12H18FNO2. The minimum atomic E-state index is -0.958. The van der Waals surface area contributed by atoms with Gasteiger partial charge in [0.15, 0.2) is 11.5 Å². The first kappa shape index (κ1) is 12.8. The van der Waals surface area contributed by atoms with Gasteiger partial charge in [0.05, 0.1) is 0 Å². The van der Waals surface area contributed by atoms with E-state index >= 15 is 0 Å². The van der Waals surface area contributed by atoms with Gasteiger partial charge in [-0.25, -0.2) is 0 Å². The predicted molar refractivity (Wildman–Crippen MR) is 61.0 cm³/mol. The molecule has 1 aromatic carbocycles. The fourth-order valence-corrected chi connectivity index (χ4v) is 1.90. The Bertz CT molecular complexity index is 366. The van der Waals surface area contributed by atoms with Crippen LogP contribution in [0.2, 0.25) is 0 Å². The summed E-state index contributed by atoms with van der Waals surface area (Å²) >= 11 is 0. The third-order valence-corrected chi connectivity index (χ3v) is 2.81. The maximum absolute atomic E-state index is 13.3. The molecule has 0 spiro atoms. The molecule has 1 unspecified atom stereocenters. The molecule has 90 valence electrons. The zero-order valence-corrected chi connectivity index (χ0v) is 9.57. The van der Waals surface area contributed by atoms with Gasteiger partial charge in [0, 0.05) is 5.56 Å². The fourth-order valence-electron chi connectivity index (χ4n) is 1.90. The van der Waals surface area contributed by atoms with E-state index in [0.717, 1.165) is 0 Å². The second-order valence-corrected chi connectivity index (χ2v) is 4.26. The standard InChI is InChI=1S/C12H18FNO2/c1-7(2)8(5-6-14)9-3-4-10(15)11(13)12(9)16/h3-4,7-8,15-16H,5-6,14H2,1-2H3. The maximum Gasteiger partial charge on any atom is 0.206 e. The van der Waals surface area contributed by atoms with E-state index in [0.29, 0.717) is 18.5 Å². The topological polar surface area (TPSA) is 66.5 Å². The first-order valence-corrected chi connectivity index (χ1v) is 5.39. The number of rotatable bonds is 4. The lowest BCUT2D eigenvalue weighted by Gasteiger charge is -2.21. The normalized spacial score (nSPS) is 13.1. The van der Waals surface area contributed by atoms with Crippen molar-refractivity contribution in [3.63, 3.8) is 0 Å². The van der Waals surface area contributed by atoms with Crippen LogP contribution in [0, 0.1) is 11.7 Å². The van der Waals surface area contributed by atoms with E-state index < -0.39 is 17.3 Å². The molecule has 16 heavy (non-hydrogen) atoms. The van der Waals surface area contributed by atoms with Gasteiger partial charge in [-0.1, -0.05) is 19.9 Å². The van der Waals surface area contributed by atoms with Crippen molar-refractivity contribution in [2.75, 3.05) is 6.54 Å². The summed E-state index contributed by atoms with van der Waals surface area (Å²) in [4.78, 5) is 0. The summed E-state index contributed by atoms with van der Waals surface area (Å²) in [5.74, 6) is -1.71. The van der Waals surface area contributed by atoms with Gasteiger partial charge in [-0.05, 0) is 30.9 Å². The van der Waals surface area contributed by atoms with Crippen LogP contribution < -0.4 is 5.73 Å². The molecule has 0 radical (unpaired) electrons. The minimum absolute atomic E-state index is 0.0000926. The Morgan fingerprint density at radius 3 is 2.44 bits per heavy atom. The van der Waals surface area contributed by atoms with Crippen molar-refractivity contribution in [2.45, 2.75) is 26.2 Å². The van der Waals surface area contributed by atoms with Gasteiger partial charge >= 0.3 is 0 Å². The lowest BCUT2D eigenvalue weighted by Crippen LogP contribution is -2.13. The Hall–Kier alpha value is -1.29. The highest BCUT2D eigenvalue weighted by Gasteiger charge is 2.21. The van der Waals surface area contributed by atoms with Crippen LogP contribution in [-0.4, -0.2) is 16.8 Å². The van der Waals surface area contributed by atoms with E-state index in [2.05, 4.69) is 0 Å². The summed E-state index contributed by atoms with van der Waals surface area (Å²) in [7, 11) is 0. The molecule has 0 aliphatic heterocycles. The van der Waals surface area contributed by atoms with Crippen molar-refractivity contribution in [2.24, 2.45) is 11.7 Å². The number of halogens is 1. The van der Waals surface area contributed by atoms with Gasteiger partial charge in [-0.3, -0.25) is 0 Å². The third-order valence-electron chi connectivity index (χ3n) is 2.81. The lowest BCUT2D eigenvalue weighted by molar-refractivity contribution is 0.372. The number of phenols is 2. The molecule has 4 N–H and O–H groups in total. The Morgan fingerprint density at radius 2 is 1.94 bits per heavy atom. The van der Waals surface area contributed by atoms with Crippen LogP contribution in [-0.2, 0) is 0 Å². The Balaban J connectivity index is 3.15. The van der Waals surface area contributed by atoms with Crippen LogP contribution in [0.5, 0.6) is 11.5 Å². The average molecular weight is 227 g/mol. The van der Waals surface area contributed by atoms with Gasteiger partial charge in [0.25, 0.3) is 0 Å². The van der Waals surface area contributed by atoms with E-state index in [1.54, 1.807) is 6.07 Å². The summed E-state index contributed by atoms with van der Waals surface area (Å²) < 4.78 is 13.3. The Labute approximate surface area is 94.7 Å².